The van der Waals surface area contributed by atoms with Crippen LogP contribution < -0.4 is 0 Å². The molecule has 0 saturated heterocycles. The highest BCUT2D eigenvalue weighted by Crippen LogP contribution is 2.34. The van der Waals surface area contributed by atoms with E-state index in [1.54, 1.807) is 23.1 Å². The molecule has 0 aromatic carbocycles. The topological polar surface area (TPSA) is 43.6 Å². The van der Waals surface area contributed by atoms with E-state index in [4.69, 9.17) is 11.6 Å². The molecule has 15 heavy (non-hydrogen) atoms. The van der Waals surface area contributed by atoms with Crippen LogP contribution in [0, 0.1) is 0 Å². The third kappa shape index (κ3) is 1.42. The van der Waals surface area contributed by atoms with Gasteiger partial charge in [0.05, 0.1) is 5.69 Å². The maximum absolute atomic E-state index is 6.21. The summed E-state index contributed by atoms with van der Waals surface area (Å²) < 4.78 is 1.60. The second kappa shape index (κ2) is 3.50. The molecule has 6 heteroatoms. The van der Waals surface area contributed by atoms with E-state index in [-0.39, 0.29) is 0 Å². The summed E-state index contributed by atoms with van der Waals surface area (Å²) in [7, 11) is 0. The number of fused-ring (bicyclic) bond motifs is 1. The van der Waals surface area contributed by atoms with Crippen LogP contribution in [0.25, 0.3) is 5.95 Å². The van der Waals surface area contributed by atoms with Gasteiger partial charge in [0.25, 0.3) is 5.95 Å². The summed E-state index contributed by atoms with van der Waals surface area (Å²) in [6.45, 7) is 0. The second-order valence-electron chi connectivity index (χ2n) is 3.17. The lowest BCUT2D eigenvalue weighted by molar-refractivity contribution is 0.795. The lowest BCUT2D eigenvalue weighted by atomic mass is 10.3. The summed E-state index contributed by atoms with van der Waals surface area (Å²) in [5, 5.41) is 5.04. The molecule has 1 aliphatic heterocycles. The Morgan fingerprint density at radius 1 is 1.27 bits per heavy atom. The Balaban J connectivity index is 2.14. The number of rotatable bonds is 1. The highest BCUT2D eigenvalue weighted by Gasteiger charge is 2.22. The molecule has 0 amide bonds. The first-order valence-electron chi connectivity index (χ1n) is 4.47. The number of hydrogen-bond donors (Lipinski definition) is 0. The predicted molar refractivity (Wildman–Crippen MR) is 59.2 cm³/mol. The zero-order chi connectivity index (χ0) is 10.3. The average Bonchev–Trinajstić information content (AvgIpc) is 2.83. The van der Waals surface area contributed by atoms with Gasteiger partial charge in [-0.1, -0.05) is 11.6 Å². The average molecular weight is 239 g/mol. The minimum atomic E-state index is 0.530. The zero-order valence-electron chi connectivity index (χ0n) is 7.72. The molecule has 2 aromatic heterocycles. The number of hydrogen-bond acceptors (Lipinski definition) is 4. The highest BCUT2D eigenvalue weighted by molar-refractivity contribution is 7.98. The van der Waals surface area contributed by atoms with Gasteiger partial charge < -0.3 is 0 Å². The van der Waals surface area contributed by atoms with Crippen molar-refractivity contribution in [3.63, 3.8) is 0 Å². The summed E-state index contributed by atoms with van der Waals surface area (Å²) in [5.41, 5.74) is 2.17. The van der Waals surface area contributed by atoms with Crippen LogP contribution in [0.4, 0.5) is 0 Å². The van der Waals surface area contributed by atoms with Crippen molar-refractivity contribution in [1.82, 2.24) is 19.7 Å². The quantitative estimate of drug-likeness (QED) is 0.763. The molecule has 0 N–H and O–H groups in total. The minimum absolute atomic E-state index is 0.530. The Morgan fingerprint density at radius 2 is 2.07 bits per heavy atom. The number of aromatic nitrogens is 4. The fraction of sp³-hybridized carbons (Fsp3) is 0.222. The van der Waals surface area contributed by atoms with Crippen LogP contribution in [-0.2, 0) is 11.5 Å². The van der Waals surface area contributed by atoms with Crippen LogP contribution in [0.15, 0.2) is 18.5 Å². The van der Waals surface area contributed by atoms with Crippen molar-refractivity contribution >= 4 is 23.4 Å². The van der Waals surface area contributed by atoms with Crippen LogP contribution in [0.1, 0.15) is 11.3 Å². The van der Waals surface area contributed by atoms with Crippen LogP contribution in [-0.4, -0.2) is 19.7 Å². The lowest BCUT2D eigenvalue weighted by Gasteiger charge is -2.00. The highest BCUT2D eigenvalue weighted by atomic mass is 35.5. The number of halogens is 1. The Kier molecular flexibility index (Phi) is 2.14. The first kappa shape index (κ1) is 9.18. The van der Waals surface area contributed by atoms with E-state index in [0.717, 1.165) is 22.8 Å². The van der Waals surface area contributed by atoms with Crippen molar-refractivity contribution in [2.24, 2.45) is 0 Å². The van der Waals surface area contributed by atoms with Gasteiger partial charge in [0.2, 0.25) is 0 Å². The van der Waals surface area contributed by atoms with Crippen molar-refractivity contribution in [3.05, 3.63) is 34.9 Å². The molecule has 76 valence electrons. The van der Waals surface area contributed by atoms with Gasteiger partial charge in [-0.2, -0.15) is 21.5 Å². The van der Waals surface area contributed by atoms with Gasteiger partial charge in [0, 0.05) is 29.5 Å². The molecule has 3 rings (SSSR count). The van der Waals surface area contributed by atoms with Gasteiger partial charge in [-0.05, 0) is 6.07 Å². The minimum Gasteiger partial charge on any atom is -0.220 e. The van der Waals surface area contributed by atoms with Gasteiger partial charge >= 0.3 is 0 Å². The first-order chi connectivity index (χ1) is 7.36. The molecule has 4 nitrogen and oxygen atoms in total. The fourth-order valence-electron chi connectivity index (χ4n) is 1.51. The maximum atomic E-state index is 6.21. The number of thioether (sulfide) groups is 1. The van der Waals surface area contributed by atoms with Crippen molar-refractivity contribution in [3.8, 4) is 5.95 Å². The molecular formula is C9H7ClN4S. The number of nitrogens with zero attached hydrogens (tertiary/aromatic N) is 4. The monoisotopic (exact) mass is 238 g/mol. The van der Waals surface area contributed by atoms with E-state index in [1.807, 2.05) is 11.8 Å². The van der Waals surface area contributed by atoms with E-state index in [0.29, 0.717) is 11.1 Å². The van der Waals surface area contributed by atoms with Crippen LogP contribution in [0.3, 0.4) is 0 Å². The Bertz CT molecular complexity index is 496. The third-order valence-electron chi connectivity index (χ3n) is 2.23. The van der Waals surface area contributed by atoms with E-state index >= 15 is 0 Å². The fourth-order valence-corrected chi connectivity index (χ4v) is 2.92. The Hall–Kier alpha value is -1.07. The van der Waals surface area contributed by atoms with Gasteiger partial charge in [-0.15, -0.1) is 0 Å². The summed E-state index contributed by atoms with van der Waals surface area (Å²) in [4.78, 5) is 8.24. The molecule has 0 unspecified atom stereocenters. The summed E-state index contributed by atoms with van der Waals surface area (Å²) >= 11 is 8.04. The van der Waals surface area contributed by atoms with E-state index < -0.39 is 0 Å². The van der Waals surface area contributed by atoms with Gasteiger partial charge in [-0.25, -0.2) is 9.97 Å². The summed E-state index contributed by atoms with van der Waals surface area (Å²) in [5.74, 6) is 2.39. The summed E-state index contributed by atoms with van der Waals surface area (Å²) in [6, 6.07) is 1.77. The van der Waals surface area contributed by atoms with E-state index in [2.05, 4.69) is 15.1 Å². The second-order valence-corrected chi connectivity index (χ2v) is 4.51. The summed E-state index contributed by atoms with van der Waals surface area (Å²) in [6.07, 6.45) is 3.36. The molecule has 0 aliphatic carbocycles. The maximum Gasteiger partial charge on any atom is 0.251 e. The first-order valence-corrected chi connectivity index (χ1v) is 6.01. The predicted octanol–water partition coefficient (Wildman–Crippen LogP) is 2.06. The van der Waals surface area contributed by atoms with Gasteiger partial charge in [0.1, 0.15) is 5.15 Å². The molecule has 1 aliphatic rings. The third-order valence-corrected chi connectivity index (χ3v) is 3.59. The van der Waals surface area contributed by atoms with Crippen LogP contribution in [0.2, 0.25) is 5.15 Å². The molecule has 0 spiro atoms. The van der Waals surface area contributed by atoms with Gasteiger partial charge in [0.15, 0.2) is 0 Å². The SMILES string of the molecule is Clc1c2c(nn1-c1ncccn1)CSC2. The Morgan fingerprint density at radius 3 is 2.80 bits per heavy atom. The van der Waals surface area contributed by atoms with Crippen molar-refractivity contribution in [2.45, 2.75) is 11.5 Å². The standard InChI is InChI=1S/C9H7ClN4S/c10-8-6-4-15-5-7(6)13-14(8)9-11-2-1-3-12-9/h1-3H,4-5H2. The van der Waals surface area contributed by atoms with Crippen LogP contribution >= 0.6 is 23.4 Å². The van der Waals surface area contributed by atoms with Crippen molar-refractivity contribution in [2.75, 3.05) is 0 Å². The van der Waals surface area contributed by atoms with E-state index in [1.165, 1.54) is 0 Å². The molecule has 0 fully saturated rings. The van der Waals surface area contributed by atoms with E-state index in [9.17, 15) is 0 Å². The van der Waals surface area contributed by atoms with Gasteiger partial charge in [-0.3, -0.25) is 0 Å². The largest absolute Gasteiger partial charge is 0.251 e. The van der Waals surface area contributed by atoms with Crippen molar-refractivity contribution in [1.29, 1.82) is 0 Å². The molecule has 0 radical (unpaired) electrons. The van der Waals surface area contributed by atoms with Crippen molar-refractivity contribution < 1.29 is 0 Å². The van der Waals surface area contributed by atoms with Crippen LogP contribution in [0.5, 0.6) is 0 Å². The molecule has 3 heterocycles. The molecule has 2 aromatic rings. The molecule has 0 saturated carbocycles. The Labute approximate surface area is 95.7 Å². The molecule has 0 bridgehead atoms. The molecule has 0 atom stereocenters. The normalized spacial score (nSPS) is 14.2. The smallest absolute Gasteiger partial charge is 0.220 e. The molecular weight excluding hydrogens is 232 g/mol. The zero-order valence-corrected chi connectivity index (χ0v) is 9.29. The lowest BCUT2D eigenvalue weighted by Crippen LogP contribution is -2.02.